The van der Waals surface area contributed by atoms with E-state index in [2.05, 4.69) is 36.2 Å². The Kier molecular flexibility index (Phi) is 3.28. The van der Waals surface area contributed by atoms with E-state index in [1.54, 1.807) is 0 Å². The summed E-state index contributed by atoms with van der Waals surface area (Å²) < 4.78 is 0. The van der Waals surface area contributed by atoms with E-state index in [1.807, 2.05) is 12.3 Å². The molecule has 0 radical (unpaired) electrons. The first-order chi connectivity index (χ1) is 9.15. The summed E-state index contributed by atoms with van der Waals surface area (Å²) in [6.07, 6.45) is 5.03. The van der Waals surface area contributed by atoms with Gasteiger partial charge in [-0.1, -0.05) is 29.3 Å². The predicted octanol–water partition coefficient (Wildman–Crippen LogP) is 4.02. The van der Waals surface area contributed by atoms with Gasteiger partial charge < -0.3 is 0 Å². The third-order valence-electron chi connectivity index (χ3n) is 4.03. The third kappa shape index (κ3) is 2.37. The van der Waals surface area contributed by atoms with Crippen LogP contribution in [0.4, 0.5) is 0 Å². The highest BCUT2D eigenvalue weighted by atomic mass is 35.5. The molecule has 0 bridgehead atoms. The average Bonchev–Trinajstić information content (AvgIpc) is 2.41. The molecule has 2 aromatic rings. The minimum atomic E-state index is 0.469. The number of rotatable bonds is 1. The van der Waals surface area contributed by atoms with Crippen LogP contribution >= 0.6 is 11.6 Å². The summed E-state index contributed by atoms with van der Waals surface area (Å²) in [6.45, 7) is 4.23. The van der Waals surface area contributed by atoms with Crippen LogP contribution < -0.4 is 0 Å². The smallest absolute Gasteiger partial charge is 0.0671 e. The van der Waals surface area contributed by atoms with Gasteiger partial charge in [-0.05, 0) is 61.8 Å². The molecule has 0 amide bonds. The van der Waals surface area contributed by atoms with Crippen LogP contribution in [-0.4, -0.2) is 10.2 Å². The highest BCUT2D eigenvalue weighted by Crippen LogP contribution is 2.36. The second-order valence-electron chi connectivity index (χ2n) is 5.42. The summed E-state index contributed by atoms with van der Waals surface area (Å²) in [5.74, 6) is 0.469. The van der Waals surface area contributed by atoms with Gasteiger partial charge in [-0.15, -0.1) is 0 Å². The lowest BCUT2D eigenvalue weighted by Gasteiger charge is -2.25. The number of fused-ring (bicyclic) bond motifs is 1. The minimum absolute atomic E-state index is 0.469. The van der Waals surface area contributed by atoms with Crippen molar-refractivity contribution in [2.24, 2.45) is 0 Å². The summed E-state index contributed by atoms with van der Waals surface area (Å²) in [4.78, 5) is 0. The van der Waals surface area contributed by atoms with Crippen molar-refractivity contribution in [1.29, 1.82) is 0 Å². The minimum Gasteiger partial charge on any atom is -0.159 e. The molecule has 1 aliphatic carbocycles. The van der Waals surface area contributed by atoms with Crippen LogP contribution in [0.15, 0.2) is 24.4 Å². The normalized spacial score (nSPS) is 18.2. The molecular formula is C16H17ClN2. The molecular weight excluding hydrogens is 256 g/mol. The summed E-state index contributed by atoms with van der Waals surface area (Å²) in [7, 11) is 0. The van der Waals surface area contributed by atoms with E-state index in [0.29, 0.717) is 5.92 Å². The van der Waals surface area contributed by atoms with Crippen LogP contribution in [0.3, 0.4) is 0 Å². The quantitative estimate of drug-likeness (QED) is 0.784. The van der Waals surface area contributed by atoms with Gasteiger partial charge in [0, 0.05) is 5.02 Å². The Hall–Kier alpha value is -1.41. The number of hydrogen-bond donors (Lipinski definition) is 0. The molecule has 1 heterocycles. The zero-order valence-electron chi connectivity index (χ0n) is 11.3. The van der Waals surface area contributed by atoms with Gasteiger partial charge in [0.15, 0.2) is 0 Å². The molecule has 1 aromatic carbocycles. The van der Waals surface area contributed by atoms with Crippen LogP contribution in [0, 0.1) is 13.8 Å². The van der Waals surface area contributed by atoms with Gasteiger partial charge in [-0.25, -0.2) is 0 Å². The molecule has 19 heavy (non-hydrogen) atoms. The molecule has 3 heteroatoms. The van der Waals surface area contributed by atoms with Crippen molar-refractivity contribution >= 4 is 11.6 Å². The number of nitrogens with zero attached hydrogens (tertiary/aromatic N) is 2. The highest BCUT2D eigenvalue weighted by molar-refractivity contribution is 6.31. The number of aryl methyl sites for hydroxylation is 2. The van der Waals surface area contributed by atoms with Crippen molar-refractivity contribution in [3.63, 3.8) is 0 Å². The number of hydrogen-bond acceptors (Lipinski definition) is 2. The fourth-order valence-corrected chi connectivity index (χ4v) is 3.22. The predicted molar refractivity (Wildman–Crippen MR) is 77.7 cm³/mol. The van der Waals surface area contributed by atoms with Gasteiger partial charge in [-0.2, -0.15) is 10.2 Å². The molecule has 0 N–H and O–H groups in total. The maximum Gasteiger partial charge on any atom is 0.0671 e. The first-order valence-electron chi connectivity index (χ1n) is 6.71. The van der Waals surface area contributed by atoms with Gasteiger partial charge in [0.1, 0.15) is 0 Å². The Bertz CT molecular complexity index is 622. The molecule has 0 saturated carbocycles. The molecule has 0 saturated heterocycles. The lowest BCUT2D eigenvalue weighted by Crippen LogP contribution is -2.16. The van der Waals surface area contributed by atoms with Crippen molar-refractivity contribution in [2.75, 3.05) is 0 Å². The van der Waals surface area contributed by atoms with Crippen LogP contribution in [0.1, 0.15) is 40.3 Å². The molecule has 1 atom stereocenters. The monoisotopic (exact) mass is 272 g/mol. The van der Waals surface area contributed by atoms with Crippen molar-refractivity contribution in [3.8, 4) is 0 Å². The van der Waals surface area contributed by atoms with Crippen molar-refractivity contribution in [3.05, 3.63) is 57.4 Å². The summed E-state index contributed by atoms with van der Waals surface area (Å²) in [6, 6.07) is 6.28. The van der Waals surface area contributed by atoms with Crippen LogP contribution in [-0.2, 0) is 12.8 Å². The second kappa shape index (κ2) is 4.93. The molecule has 3 rings (SSSR count). The first-order valence-corrected chi connectivity index (χ1v) is 7.09. The standard InChI is InChI=1S/C16H17ClN2/c1-10-3-6-15(17)14(7-10)12-4-5-13-11(2)9-18-19-16(13)8-12/h3,6-7,9,12H,4-5,8H2,1-2H3. The number of benzene rings is 1. The zero-order chi connectivity index (χ0) is 13.4. The molecule has 0 spiro atoms. The van der Waals surface area contributed by atoms with Crippen LogP contribution in [0.2, 0.25) is 5.02 Å². The van der Waals surface area contributed by atoms with Gasteiger partial charge >= 0.3 is 0 Å². The Morgan fingerprint density at radius 1 is 1.26 bits per heavy atom. The second-order valence-corrected chi connectivity index (χ2v) is 5.82. The van der Waals surface area contributed by atoms with Gasteiger partial charge in [0.25, 0.3) is 0 Å². The lowest BCUT2D eigenvalue weighted by atomic mass is 9.81. The summed E-state index contributed by atoms with van der Waals surface area (Å²) in [5.41, 5.74) is 6.32. The van der Waals surface area contributed by atoms with Crippen LogP contribution in [0.25, 0.3) is 0 Å². The van der Waals surface area contributed by atoms with Gasteiger partial charge in [-0.3, -0.25) is 0 Å². The molecule has 1 aliphatic rings. The highest BCUT2D eigenvalue weighted by Gasteiger charge is 2.24. The Morgan fingerprint density at radius 2 is 2.11 bits per heavy atom. The van der Waals surface area contributed by atoms with E-state index < -0.39 is 0 Å². The third-order valence-corrected chi connectivity index (χ3v) is 4.37. The fraction of sp³-hybridized carbons (Fsp3) is 0.375. The van der Waals surface area contributed by atoms with E-state index in [-0.39, 0.29) is 0 Å². The maximum atomic E-state index is 6.35. The largest absolute Gasteiger partial charge is 0.159 e. The Labute approximate surface area is 118 Å². The maximum absolute atomic E-state index is 6.35. The van der Waals surface area contributed by atoms with Crippen LogP contribution in [0.5, 0.6) is 0 Å². The zero-order valence-corrected chi connectivity index (χ0v) is 12.0. The fourth-order valence-electron chi connectivity index (χ4n) is 2.95. The molecule has 98 valence electrons. The topological polar surface area (TPSA) is 25.8 Å². The summed E-state index contributed by atoms with van der Waals surface area (Å²) in [5, 5.41) is 9.27. The van der Waals surface area contributed by atoms with E-state index in [9.17, 15) is 0 Å². The molecule has 0 aliphatic heterocycles. The van der Waals surface area contributed by atoms with Gasteiger partial charge in [0.2, 0.25) is 0 Å². The average molecular weight is 273 g/mol. The molecule has 2 nitrogen and oxygen atoms in total. The van der Waals surface area contributed by atoms with E-state index in [4.69, 9.17) is 11.6 Å². The number of aromatic nitrogens is 2. The lowest BCUT2D eigenvalue weighted by molar-refractivity contribution is 0.563. The molecule has 1 aromatic heterocycles. The van der Waals surface area contributed by atoms with Gasteiger partial charge in [0.05, 0.1) is 11.9 Å². The van der Waals surface area contributed by atoms with E-state index in [1.165, 1.54) is 22.3 Å². The van der Waals surface area contributed by atoms with E-state index >= 15 is 0 Å². The Morgan fingerprint density at radius 3 is 2.95 bits per heavy atom. The van der Waals surface area contributed by atoms with Crippen molar-refractivity contribution in [2.45, 2.75) is 39.0 Å². The first kappa shape index (κ1) is 12.6. The SMILES string of the molecule is Cc1ccc(Cl)c(C2CCc3c(C)cnnc3C2)c1. The van der Waals surface area contributed by atoms with Crippen molar-refractivity contribution < 1.29 is 0 Å². The Balaban J connectivity index is 1.96. The van der Waals surface area contributed by atoms with E-state index in [0.717, 1.165) is 30.0 Å². The molecule has 0 fully saturated rings. The molecule has 1 unspecified atom stereocenters. The van der Waals surface area contributed by atoms with Crippen molar-refractivity contribution in [1.82, 2.24) is 10.2 Å². The summed E-state index contributed by atoms with van der Waals surface area (Å²) >= 11 is 6.35. The number of halogens is 1.